The highest BCUT2D eigenvalue weighted by Crippen LogP contribution is 2.33. The zero-order chi connectivity index (χ0) is 22.9. The van der Waals surface area contributed by atoms with Gasteiger partial charge in [0, 0.05) is 44.4 Å². The fraction of sp³-hybridized carbons (Fsp3) is 0.375. The Morgan fingerprint density at radius 3 is 2.70 bits per heavy atom. The first-order chi connectivity index (χ1) is 16.0. The van der Waals surface area contributed by atoms with Crippen LogP contribution in [0, 0.1) is 5.82 Å². The first-order valence-corrected chi connectivity index (χ1v) is 11.2. The number of piperazine rings is 1. The van der Waals surface area contributed by atoms with Crippen LogP contribution in [0.2, 0.25) is 0 Å². The number of anilines is 3. The van der Waals surface area contributed by atoms with Crippen molar-refractivity contribution in [2.75, 3.05) is 43.4 Å². The number of allylic oxidation sites excluding steroid dienone is 1. The van der Waals surface area contributed by atoms with Gasteiger partial charge in [-0.1, -0.05) is 23.7 Å². The summed E-state index contributed by atoms with van der Waals surface area (Å²) in [7, 11) is 2.10. The number of fused-ring (bicyclic) bond motifs is 1. The standard InChI is InChI=1S/C24H27FN6O2/c1-4-17-12-23(33-29-17)26-21-14-22(31-7-5-30(3)6-8-31)28-24(27-21)32-18-11-16-9-15(2)10-19(16)20(25)13-18/h9,11-14H,4-8,10H2,1-3H3,(H,26,27,28). The van der Waals surface area contributed by atoms with Crippen molar-refractivity contribution in [3.63, 3.8) is 0 Å². The Labute approximate surface area is 192 Å². The molecule has 33 heavy (non-hydrogen) atoms. The SMILES string of the molecule is CCc1cc(Nc2cc(N3CCN(C)CC3)nc(Oc3cc(F)c4c(c3)C=C(C)C4)n2)on1. The summed E-state index contributed by atoms with van der Waals surface area (Å²) in [6.45, 7) is 7.56. The summed E-state index contributed by atoms with van der Waals surface area (Å²) >= 11 is 0. The molecule has 3 heterocycles. The van der Waals surface area contributed by atoms with E-state index in [1.165, 1.54) is 6.07 Å². The molecule has 1 fully saturated rings. The second kappa shape index (κ2) is 8.82. The molecule has 1 aliphatic carbocycles. The van der Waals surface area contributed by atoms with Crippen molar-refractivity contribution in [2.45, 2.75) is 26.7 Å². The van der Waals surface area contributed by atoms with Crippen LogP contribution in [0.5, 0.6) is 11.8 Å². The molecule has 2 aliphatic rings. The average Bonchev–Trinajstić information content (AvgIpc) is 3.40. The Bertz CT molecular complexity index is 1200. The summed E-state index contributed by atoms with van der Waals surface area (Å²) in [5, 5.41) is 7.17. The summed E-state index contributed by atoms with van der Waals surface area (Å²) in [5.74, 6) is 1.84. The van der Waals surface area contributed by atoms with E-state index in [0.29, 0.717) is 29.4 Å². The van der Waals surface area contributed by atoms with Gasteiger partial charge in [-0.05, 0) is 44.0 Å². The molecule has 0 spiro atoms. The lowest BCUT2D eigenvalue weighted by Crippen LogP contribution is -2.44. The number of aryl methyl sites for hydroxylation is 1. The number of likely N-dealkylation sites (N-methyl/N-ethyl adjacent to an activating group) is 1. The third kappa shape index (κ3) is 4.68. The number of nitrogens with one attached hydrogen (secondary N) is 1. The van der Waals surface area contributed by atoms with Crippen molar-refractivity contribution in [1.82, 2.24) is 20.0 Å². The molecule has 1 aromatic carbocycles. The van der Waals surface area contributed by atoms with Gasteiger partial charge in [-0.2, -0.15) is 9.97 Å². The maximum Gasteiger partial charge on any atom is 0.325 e. The van der Waals surface area contributed by atoms with Crippen LogP contribution in [0.3, 0.4) is 0 Å². The van der Waals surface area contributed by atoms with Crippen LogP contribution >= 0.6 is 0 Å². The summed E-state index contributed by atoms with van der Waals surface area (Å²) in [6.07, 6.45) is 3.38. The number of halogens is 1. The lowest BCUT2D eigenvalue weighted by Gasteiger charge is -2.33. The average molecular weight is 451 g/mol. The molecule has 0 atom stereocenters. The van der Waals surface area contributed by atoms with Gasteiger partial charge in [-0.3, -0.25) is 0 Å². The van der Waals surface area contributed by atoms with E-state index in [-0.39, 0.29) is 11.8 Å². The quantitative estimate of drug-likeness (QED) is 0.592. The maximum absolute atomic E-state index is 14.6. The molecule has 8 nitrogen and oxygen atoms in total. The van der Waals surface area contributed by atoms with Gasteiger partial charge in [-0.25, -0.2) is 4.39 Å². The van der Waals surface area contributed by atoms with Gasteiger partial charge >= 0.3 is 6.01 Å². The van der Waals surface area contributed by atoms with E-state index in [9.17, 15) is 4.39 Å². The Morgan fingerprint density at radius 2 is 1.94 bits per heavy atom. The number of benzene rings is 1. The lowest BCUT2D eigenvalue weighted by molar-refractivity contribution is 0.311. The smallest absolute Gasteiger partial charge is 0.325 e. The third-order valence-electron chi connectivity index (χ3n) is 5.96. The molecular formula is C24H27FN6O2. The molecule has 5 rings (SSSR count). The highest BCUT2D eigenvalue weighted by Gasteiger charge is 2.20. The Kier molecular flexibility index (Phi) is 5.72. The van der Waals surface area contributed by atoms with E-state index < -0.39 is 0 Å². The van der Waals surface area contributed by atoms with E-state index >= 15 is 0 Å². The van der Waals surface area contributed by atoms with Crippen LogP contribution in [-0.2, 0) is 12.8 Å². The van der Waals surface area contributed by atoms with E-state index in [4.69, 9.17) is 9.26 Å². The number of hydrogen-bond donors (Lipinski definition) is 1. The molecule has 0 amide bonds. The van der Waals surface area contributed by atoms with Crippen LogP contribution in [-0.4, -0.2) is 53.3 Å². The first-order valence-electron chi connectivity index (χ1n) is 11.2. The van der Waals surface area contributed by atoms with Gasteiger partial charge in [0.2, 0.25) is 5.88 Å². The van der Waals surface area contributed by atoms with Crippen LogP contribution in [0.25, 0.3) is 6.08 Å². The first kappa shape index (κ1) is 21.4. The molecule has 0 radical (unpaired) electrons. The largest absolute Gasteiger partial charge is 0.424 e. The number of rotatable bonds is 6. The zero-order valence-electron chi connectivity index (χ0n) is 19.1. The summed E-state index contributed by atoms with van der Waals surface area (Å²) in [5.41, 5.74) is 3.51. The molecule has 1 aliphatic heterocycles. The fourth-order valence-electron chi connectivity index (χ4n) is 4.09. The Balaban J connectivity index is 1.46. The van der Waals surface area contributed by atoms with Gasteiger partial charge in [0.15, 0.2) is 0 Å². The minimum Gasteiger partial charge on any atom is -0.424 e. The Morgan fingerprint density at radius 1 is 1.12 bits per heavy atom. The molecule has 1 N–H and O–H groups in total. The van der Waals surface area contributed by atoms with Crippen molar-refractivity contribution in [3.05, 3.63) is 52.5 Å². The molecule has 0 saturated carbocycles. The lowest BCUT2D eigenvalue weighted by atomic mass is 10.1. The molecule has 9 heteroatoms. The minimum absolute atomic E-state index is 0.141. The second-order valence-electron chi connectivity index (χ2n) is 8.59. The number of aromatic nitrogens is 3. The van der Waals surface area contributed by atoms with E-state index in [1.54, 1.807) is 0 Å². The van der Waals surface area contributed by atoms with Crippen LogP contribution in [0.4, 0.5) is 21.9 Å². The predicted octanol–water partition coefficient (Wildman–Crippen LogP) is 4.41. The molecular weight excluding hydrogens is 423 g/mol. The summed E-state index contributed by atoms with van der Waals surface area (Å²) in [6, 6.07) is 7.07. The third-order valence-corrected chi connectivity index (χ3v) is 5.96. The minimum atomic E-state index is -0.280. The number of hydrogen-bond acceptors (Lipinski definition) is 8. The van der Waals surface area contributed by atoms with Crippen molar-refractivity contribution in [1.29, 1.82) is 0 Å². The van der Waals surface area contributed by atoms with Gasteiger partial charge in [-0.15, -0.1) is 0 Å². The molecule has 3 aromatic rings. The van der Waals surface area contributed by atoms with E-state index in [0.717, 1.165) is 55.2 Å². The molecule has 2 aromatic heterocycles. The van der Waals surface area contributed by atoms with Crippen molar-refractivity contribution >= 4 is 23.6 Å². The molecule has 1 saturated heterocycles. The van der Waals surface area contributed by atoms with Crippen LogP contribution in [0.15, 0.2) is 34.4 Å². The van der Waals surface area contributed by atoms with E-state index in [1.807, 2.05) is 38.1 Å². The molecule has 0 bridgehead atoms. The van der Waals surface area contributed by atoms with Gasteiger partial charge < -0.3 is 24.4 Å². The van der Waals surface area contributed by atoms with Crippen LogP contribution < -0.4 is 15.0 Å². The fourth-order valence-corrected chi connectivity index (χ4v) is 4.09. The maximum atomic E-state index is 14.6. The highest BCUT2D eigenvalue weighted by atomic mass is 19.1. The van der Waals surface area contributed by atoms with Crippen LogP contribution in [0.1, 0.15) is 30.7 Å². The van der Waals surface area contributed by atoms with Crippen molar-refractivity contribution in [3.8, 4) is 11.8 Å². The van der Waals surface area contributed by atoms with Gasteiger partial charge in [0.05, 0.1) is 5.69 Å². The number of nitrogens with zero attached hydrogens (tertiary/aromatic N) is 5. The van der Waals surface area contributed by atoms with Gasteiger partial charge in [0.25, 0.3) is 0 Å². The molecule has 172 valence electrons. The highest BCUT2D eigenvalue weighted by molar-refractivity contribution is 5.65. The van der Waals surface area contributed by atoms with Crippen molar-refractivity contribution < 1.29 is 13.7 Å². The summed E-state index contributed by atoms with van der Waals surface area (Å²) in [4.78, 5) is 13.6. The predicted molar refractivity (Wildman–Crippen MR) is 125 cm³/mol. The van der Waals surface area contributed by atoms with Crippen molar-refractivity contribution in [2.24, 2.45) is 0 Å². The monoisotopic (exact) mass is 450 g/mol. The normalized spacial score (nSPS) is 16.0. The molecule has 0 unspecified atom stereocenters. The number of ether oxygens (including phenoxy) is 1. The summed E-state index contributed by atoms with van der Waals surface area (Å²) < 4.78 is 26.0. The topological polar surface area (TPSA) is 79.5 Å². The van der Waals surface area contributed by atoms with E-state index in [2.05, 4.69) is 37.3 Å². The second-order valence-corrected chi connectivity index (χ2v) is 8.59. The van der Waals surface area contributed by atoms with Gasteiger partial charge in [0.1, 0.15) is 23.2 Å². The zero-order valence-corrected chi connectivity index (χ0v) is 19.1. The Hall–Kier alpha value is -3.46.